The molecule has 1 rings (SSSR count). The van der Waals surface area contributed by atoms with Crippen LogP contribution >= 0.6 is 0 Å². The van der Waals surface area contributed by atoms with Gasteiger partial charge in [-0.05, 0) is 49.9 Å². The summed E-state index contributed by atoms with van der Waals surface area (Å²) in [6.45, 7) is 12.5. The van der Waals surface area contributed by atoms with E-state index in [1.54, 1.807) is 0 Å². The Morgan fingerprint density at radius 2 is 1.71 bits per heavy atom. The average Bonchev–Trinajstić information content (AvgIpc) is 2.49. The van der Waals surface area contributed by atoms with Crippen molar-refractivity contribution in [3.63, 3.8) is 0 Å². The number of ether oxygens (including phenoxy) is 2. The first-order valence-corrected chi connectivity index (χ1v) is 8.15. The maximum Gasteiger partial charge on any atom is 0.0701 e. The van der Waals surface area contributed by atoms with E-state index in [1.807, 2.05) is 0 Å². The summed E-state index contributed by atoms with van der Waals surface area (Å²) >= 11 is 0. The Bertz CT molecular complexity index is 393. The van der Waals surface area contributed by atoms with Gasteiger partial charge in [-0.3, -0.25) is 0 Å². The van der Waals surface area contributed by atoms with Crippen molar-refractivity contribution < 1.29 is 9.47 Å². The highest BCUT2D eigenvalue weighted by molar-refractivity contribution is 5.31. The molecule has 0 radical (unpaired) electrons. The van der Waals surface area contributed by atoms with E-state index in [2.05, 4.69) is 51.2 Å². The van der Waals surface area contributed by atoms with Gasteiger partial charge >= 0.3 is 0 Å². The summed E-state index contributed by atoms with van der Waals surface area (Å²) in [5.74, 6) is 0. The Balaban J connectivity index is 2.48. The molecule has 0 heterocycles. The van der Waals surface area contributed by atoms with Crippen LogP contribution in [0.4, 0.5) is 0 Å². The fraction of sp³-hybridized carbons (Fsp3) is 0.667. The van der Waals surface area contributed by atoms with E-state index >= 15 is 0 Å². The lowest BCUT2D eigenvalue weighted by Gasteiger charge is -2.20. The topological polar surface area (TPSA) is 30.5 Å². The standard InChI is InChI=1S/C18H31NO2/c1-5-9-19-18(14-21-12-11-20-10-6-2)17-8-7-15(3)16(4)13-17/h7-8,13,18-19H,5-6,9-12,14H2,1-4H3. The van der Waals surface area contributed by atoms with Crippen LogP contribution in [0.1, 0.15) is 49.4 Å². The van der Waals surface area contributed by atoms with E-state index in [1.165, 1.54) is 16.7 Å². The van der Waals surface area contributed by atoms with Gasteiger partial charge in [0.15, 0.2) is 0 Å². The van der Waals surface area contributed by atoms with Gasteiger partial charge in [0.25, 0.3) is 0 Å². The molecule has 3 nitrogen and oxygen atoms in total. The van der Waals surface area contributed by atoms with Crippen LogP contribution in [0, 0.1) is 13.8 Å². The molecule has 0 fully saturated rings. The zero-order valence-corrected chi connectivity index (χ0v) is 14.1. The highest BCUT2D eigenvalue weighted by Gasteiger charge is 2.11. The first-order chi connectivity index (χ1) is 10.2. The summed E-state index contributed by atoms with van der Waals surface area (Å²) in [7, 11) is 0. The van der Waals surface area contributed by atoms with Crippen LogP contribution in [0.2, 0.25) is 0 Å². The van der Waals surface area contributed by atoms with Gasteiger partial charge in [-0.2, -0.15) is 0 Å². The van der Waals surface area contributed by atoms with Crippen LogP contribution in [0.25, 0.3) is 0 Å². The van der Waals surface area contributed by atoms with Crippen LogP contribution in [-0.2, 0) is 9.47 Å². The molecule has 0 aliphatic carbocycles. The van der Waals surface area contributed by atoms with Gasteiger partial charge in [0, 0.05) is 6.61 Å². The summed E-state index contributed by atoms with van der Waals surface area (Å²) in [5, 5.41) is 3.57. The number of benzene rings is 1. The Kier molecular flexibility index (Phi) is 9.31. The lowest BCUT2D eigenvalue weighted by molar-refractivity contribution is 0.0391. The first-order valence-electron chi connectivity index (χ1n) is 8.15. The van der Waals surface area contributed by atoms with Crippen molar-refractivity contribution in [1.29, 1.82) is 0 Å². The minimum Gasteiger partial charge on any atom is -0.379 e. The molecule has 21 heavy (non-hydrogen) atoms. The third-order valence-electron chi connectivity index (χ3n) is 3.58. The van der Waals surface area contributed by atoms with Gasteiger partial charge in [-0.25, -0.2) is 0 Å². The fourth-order valence-electron chi connectivity index (χ4n) is 2.14. The zero-order valence-electron chi connectivity index (χ0n) is 14.1. The molecule has 0 spiro atoms. The summed E-state index contributed by atoms with van der Waals surface area (Å²) in [5.41, 5.74) is 3.98. The second-order valence-corrected chi connectivity index (χ2v) is 5.54. The van der Waals surface area contributed by atoms with E-state index < -0.39 is 0 Å². The van der Waals surface area contributed by atoms with Gasteiger partial charge in [-0.1, -0.05) is 32.0 Å². The van der Waals surface area contributed by atoms with E-state index in [4.69, 9.17) is 9.47 Å². The summed E-state index contributed by atoms with van der Waals surface area (Å²) in [4.78, 5) is 0. The number of aryl methyl sites for hydroxylation is 2. The molecule has 1 N–H and O–H groups in total. The molecule has 3 heteroatoms. The number of hydrogen-bond acceptors (Lipinski definition) is 3. The van der Waals surface area contributed by atoms with Crippen molar-refractivity contribution >= 4 is 0 Å². The third kappa shape index (κ3) is 7.07. The quantitative estimate of drug-likeness (QED) is 0.630. The average molecular weight is 293 g/mol. The van der Waals surface area contributed by atoms with Crippen molar-refractivity contribution in [3.05, 3.63) is 34.9 Å². The smallest absolute Gasteiger partial charge is 0.0701 e. The van der Waals surface area contributed by atoms with E-state index in [0.29, 0.717) is 19.8 Å². The highest BCUT2D eigenvalue weighted by atomic mass is 16.5. The van der Waals surface area contributed by atoms with Crippen molar-refractivity contribution in [3.8, 4) is 0 Å². The minimum atomic E-state index is 0.260. The van der Waals surface area contributed by atoms with Crippen molar-refractivity contribution in [2.24, 2.45) is 0 Å². The minimum absolute atomic E-state index is 0.260. The van der Waals surface area contributed by atoms with Crippen molar-refractivity contribution in [1.82, 2.24) is 5.32 Å². The molecule has 0 aromatic heterocycles. The molecule has 0 aliphatic heterocycles. The van der Waals surface area contributed by atoms with Gasteiger partial charge in [0.1, 0.15) is 0 Å². The lowest BCUT2D eigenvalue weighted by Crippen LogP contribution is -2.27. The van der Waals surface area contributed by atoms with E-state index in [-0.39, 0.29) is 6.04 Å². The zero-order chi connectivity index (χ0) is 15.5. The molecular weight excluding hydrogens is 262 g/mol. The largest absolute Gasteiger partial charge is 0.379 e. The van der Waals surface area contributed by atoms with Crippen LogP contribution in [0.5, 0.6) is 0 Å². The second kappa shape index (κ2) is 10.8. The van der Waals surface area contributed by atoms with E-state index in [0.717, 1.165) is 26.0 Å². The molecule has 0 amide bonds. The lowest BCUT2D eigenvalue weighted by atomic mass is 10.0. The Morgan fingerprint density at radius 1 is 0.952 bits per heavy atom. The highest BCUT2D eigenvalue weighted by Crippen LogP contribution is 2.17. The summed E-state index contributed by atoms with van der Waals surface area (Å²) in [6.07, 6.45) is 2.18. The molecule has 0 bridgehead atoms. The molecule has 1 atom stereocenters. The Hall–Kier alpha value is -0.900. The second-order valence-electron chi connectivity index (χ2n) is 5.54. The molecule has 0 saturated heterocycles. The van der Waals surface area contributed by atoms with Gasteiger partial charge < -0.3 is 14.8 Å². The molecule has 1 aromatic rings. The maximum absolute atomic E-state index is 5.78. The molecule has 0 saturated carbocycles. The van der Waals surface area contributed by atoms with Gasteiger partial charge in [0.05, 0.1) is 25.9 Å². The van der Waals surface area contributed by atoms with Crippen LogP contribution in [0.15, 0.2) is 18.2 Å². The van der Waals surface area contributed by atoms with Crippen LogP contribution in [-0.4, -0.2) is 33.0 Å². The normalized spacial score (nSPS) is 12.6. The molecule has 120 valence electrons. The SMILES string of the molecule is CCCNC(COCCOCCC)c1ccc(C)c(C)c1. The molecular formula is C18H31NO2. The number of rotatable bonds is 11. The summed E-state index contributed by atoms with van der Waals surface area (Å²) < 4.78 is 11.2. The Labute approximate surface area is 130 Å². The predicted octanol–water partition coefficient (Wildman–Crippen LogP) is 3.79. The van der Waals surface area contributed by atoms with Gasteiger partial charge in [-0.15, -0.1) is 0 Å². The number of hydrogen-bond donors (Lipinski definition) is 1. The molecule has 1 aromatic carbocycles. The van der Waals surface area contributed by atoms with E-state index in [9.17, 15) is 0 Å². The van der Waals surface area contributed by atoms with Gasteiger partial charge in [0.2, 0.25) is 0 Å². The first kappa shape index (κ1) is 18.1. The monoisotopic (exact) mass is 293 g/mol. The van der Waals surface area contributed by atoms with Crippen molar-refractivity contribution in [2.75, 3.05) is 33.0 Å². The Morgan fingerprint density at radius 3 is 2.38 bits per heavy atom. The molecule has 1 unspecified atom stereocenters. The van der Waals surface area contributed by atoms with Crippen LogP contribution < -0.4 is 5.32 Å². The number of nitrogens with one attached hydrogen (secondary N) is 1. The van der Waals surface area contributed by atoms with Crippen molar-refractivity contribution in [2.45, 2.75) is 46.6 Å². The predicted molar refractivity (Wildman–Crippen MR) is 88.9 cm³/mol. The third-order valence-corrected chi connectivity index (χ3v) is 3.58. The fourth-order valence-corrected chi connectivity index (χ4v) is 2.14. The van der Waals surface area contributed by atoms with Crippen LogP contribution in [0.3, 0.4) is 0 Å². The molecule has 0 aliphatic rings. The summed E-state index contributed by atoms with van der Waals surface area (Å²) in [6, 6.07) is 6.91. The maximum atomic E-state index is 5.78.